The summed E-state index contributed by atoms with van der Waals surface area (Å²) in [5.74, 6) is 1.08. The molecule has 1 fully saturated rings. The first-order valence-electron chi connectivity index (χ1n) is 7.00. The molecule has 1 saturated heterocycles. The van der Waals surface area contributed by atoms with E-state index >= 15 is 0 Å². The summed E-state index contributed by atoms with van der Waals surface area (Å²) < 4.78 is 25.0. The molecule has 8 heteroatoms. The second kappa shape index (κ2) is 6.67. The summed E-state index contributed by atoms with van der Waals surface area (Å²) in [5.41, 5.74) is 0.941. The maximum absolute atomic E-state index is 11.7. The molecule has 0 bridgehead atoms. The van der Waals surface area contributed by atoms with E-state index in [-0.39, 0.29) is 5.92 Å². The van der Waals surface area contributed by atoms with Gasteiger partial charge in [-0.3, -0.25) is 0 Å². The molecule has 0 radical (unpaired) electrons. The fraction of sp³-hybridized carbons (Fsp3) is 0.692. The Balaban J connectivity index is 2.09. The highest BCUT2D eigenvalue weighted by Crippen LogP contribution is 2.15. The SMILES string of the molecule is CN(C)c1cc(C[C@@H]2CNCCN(S(C)(=O)=O)C2)ncn1. The largest absolute Gasteiger partial charge is 0.363 e. The Labute approximate surface area is 126 Å². The van der Waals surface area contributed by atoms with E-state index in [0.717, 1.165) is 24.5 Å². The van der Waals surface area contributed by atoms with Crippen LogP contribution < -0.4 is 10.2 Å². The van der Waals surface area contributed by atoms with Gasteiger partial charge in [0, 0.05) is 45.5 Å². The van der Waals surface area contributed by atoms with Gasteiger partial charge in [-0.1, -0.05) is 0 Å². The summed E-state index contributed by atoms with van der Waals surface area (Å²) in [6, 6.07) is 1.95. The van der Waals surface area contributed by atoms with Gasteiger partial charge in [0.25, 0.3) is 0 Å². The molecule has 0 amide bonds. The normalized spacial score (nSPS) is 21.0. The van der Waals surface area contributed by atoms with Crippen molar-refractivity contribution in [3.05, 3.63) is 18.1 Å². The molecule has 0 aliphatic carbocycles. The molecule has 1 aromatic heterocycles. The molecule has 0 unspecified atom stereocenters. The van der Waals surface area contributed by atoms with Gasteiger partial charge in [0.15, 0.2) is 0 Å². The van der Waals surface area contributed by atoms with Crippen molar-refractivity contribution in [1.29, 1.82) is 0 Å². The van der Waals surface area contributed by atoms with Crippen LogP contribution in [-0.2, 0) is 16.4 Å². The van der Waals surface area contributed by atoms with Gasteiger partial charge >= 0.3 is 0 Å². The van der Waals surface area contributed by atoms with Crippen LogP contribution in [0, 0.1) is 5.92 Å². The van der Waals surface area contributed by atoms with Crippen LogP contribution in [0.1, 0.15) is 5.69 Å². The number of nitrogens with zero attached hydrogens (tertiary/aromatic N) is 4. The van der Waals surface area contributed by atoms with Crippen molar-refractivity contribution in [1.82, 2.24) is 19.6 Å². The summed E-state index contributed by atoms with van der Waals surface area (Å²) in [5, 5.41) is 3.30. The molecule has 2 heterocycles. The minimum atomic E-state index is -3.14. The lowest BCUT2D eigenvalue weighted by molar-refractivity contribution is 0.376. The summed E-state index contributed by atoms with van der Waals surface area (Å²) >= 11 is 0. The van der Waals surface area contributed by atoms with E-state index in [1.54, 1.807) is 10.6 Å². The average molecular weight is 313 g/mol. The van der Waals surface area contributed by atoms with E-state index < -0.39 is 10.0 Å². The molecule has 1 N–H and O–H groups in total. The standard InChI is InChI=1S/C13H23N5O2S/c1-17(2)13-7-12(15-10-16-13)6-11-8-14-4-5-18(9-11)21(3,19)20/h7,10-11,14H,4-6,8-9H2,1-3H3/t11-/m1/s1. The highest BCUT2D eigenvalue weighted by atomic mass is 32.2. The van der Waals surface area contributed by atoms with Gasteiger partial charge in [0.1, 0.15) is 12.1 Å². The third kappa shape index (κ3) is 4.62. The van der Waals surface area contributed by atoms with E-state index in [2.05, 4.69) is 15.3 Å². The molecule has 1 aromatic rings. The minimum Gasteiger partial charge on any atom is -0.363 e. The molecule has 1 aliphatic rings. The molecule has 7 nitrogen and oxygen atoms in total. The first kappa shape index (κ1) is 16.1. The van der Waals surface area contributed by atoms with Crippen molar-refractivity contribution in [2.75, 3.05) is 51.4 Å². The van der Waals surface area contributed by atoms with E-state index in [4.69, 9.17) is 0 Å². The first-order chi connectivity index (χ1) is 9.86. The van der Waals surface area contributed by atoms with E-state index in [1.807, 2.05) is 25.1 Å². The fourth-order valence-electron chi connectivity index (χ4n) is 2.43. The molecular formula is C13H23N5O2S. The Bertz CT molecular complexity index is 576. The van der Waals surface area contributed by atoms with Gasteiger partial charge in [-0.05, 0) is 18.9 Å². The van der Waals surface area contributed by atoms with Gasteiger partial charge in [-0.25, -0.2) is 22.7 Å². The molecular weight excluding hydrogens is 290 g/mol. The van der Waals surface area contributed by atoms with Gasteiger partial charge in [-0.15, -0.1) is 0 Å². The average Bonchev–Trinajstić information content (AvgIpc) is 2.64. The molecule has 0 spiro atoms. The van der Waals surface area contributed by atoms with Crippen molar-refractivity contribution in [3.8, 4) is 0 Å². The van der Waals surface area contributed by atoms with E-state index in [0.29, 0.717) is 19.6 Å². The molecule has 0 aromatic carbocycles. The number of aromatic nitrogens is 2. The van der Waals surface area contributed by atoms with E-state index in [1.165, 1.54) is 6.26 Å². The summed E-state index contributed by atoms with van der Waals surface area (Å²) in [7, 11) is 0.727. The molecule has 2 rings (SSSR count). The van der Waals surface area contributed by atoms with E-state index in [9.17, 15) is 8.42 Å². The lowest BCUT2D eigenvalue weighted by Crippen LogP contribution is -2.35. The molecule has 1 atom stereocenters. The summed E-state index contributed by atoms with van der Waals surface area (Å²) in [6.45, 7) is 2.55. The number of nitrogens with one attached hydrogen (secondary N) is 1. The van der Waals surface area contributed by atoms with Crippen LogP contribution in [0.5, 0.6) is 0 Å². The number of sulfonamides is 1. The predicted octanol–water partition coefficient (Wildman–Crippen LogP) is -0.434. The van der Waals surface area contributed by atoms with Gasteiger partial charge in [-0.2, -0.15) is 0 Å². The maximum atomic E-state index is 11.7. The zero-order valence-corrected chi connectivity index (χ0v) is 13.6. The second-order valence-corrected chi connectivity index (χ2v) is 7.64. The Morgan fingerprint density at radius 1 is 1.43 bits per heavy atom. The molecule has 0 saturated carbocycles. The monoisotopic (exact) mass is 313 g/mol. The smallest absolute Gasteiger partial charge is 0.211 e. The number of hydrogen-bond acceptors (Lipinski definition) is 6. The summed E-state index contributed by atoms with van der Waals surface area (Å²) in [6.07, 6.45) is 3.57. The van der Waals surface area contributed by atoms with Crippen LogP contribution in [0.25, 0.3) is 0 Å². The van der Waals surface area contributed by atoms with Crippen molar-refractivity contribution < 1.29 is 8.42 Å². The van der Waals surface area contributed by atoms with Crippen LogP contribution in [0.3, 0.4) is 0 Å². The third-order valence-electron chi connectivity index (χ3n) is 3.57. The highest BCUT2D eigenvalue weighted by Gasteiger charge is 2.24. The zero-order chi connectivity index (χ0) is 15.5. The topological polar surface area (TPSA) is 78.4 Å². The first-order valence-corrected chi connectivity index (χ1v) is 8.85. The van der Waals surface area contributed by atoms with Gasteiger partial charge in [0.05, 0.1) is 6.26 Å². The highest BCUT2D eigenvalue weighted by molar-refractivity contribution is 7.88. The van der Waals surface area contributed by atoms with Crippen molar-refractivity contribution in [3.63, 3.8) is 0 Å². The molecule has 21 heavy (non-hydrogen) atoms. The maximum Gasteiger partial charge on any atom is 0.211 e. The van der Waals surface area contributed by atoms with Crippen molar-refractivity contribution >= 4 is 15.8 Å². The summed E-state index contributed by atoms with van der Waals surface area (Å²) in [4.78, 5) is 10.4. The Morgan fingerprint density at radius 3 is 2.86 bits per heavy atom. The third-order valence-corrected chi connectivity index (χ3v) is 4.84. The van der Waals surface area contributed by atoms with Crippen molar-refractivity contribution in [2.24, 2.45) is 5.92 Å². The Morgan fingerprint density at radius 2 is 2.19 bits per heavy atom. The van der Waals surface area contributed by atoms with Crippen LogP contribution >= 0.6 is 0 Å². The number of hydrogen-bond donors (Lipinski definition) is 1. The Hall–Kier alpha value is -1.25. The minimum absolute atomic E-state index is 0.215. The van der Waals surface area contributed by atoms with Crippen LogP contribution in [0.4, 0.5) is 5.82 Å². The van der Waals surface area contributed by atoms with Crippen LogP contribution in [0.15, 0.2) is 12.4 Å². The van der Waals surface area contributed by atoms with Crippen LogP contribution in [0.2, 0.25) is 0 Å². The number of anilines is 1. The number of rotatable bonds is 4. The fourth-order valence-corrected chi connectivity index (χ4v) is 3.33. The Kier molecular flexibility index (Phi) is 5.13. The molecule has 118 valence electrons. The second-order valence-electron chi connectivity index (χ2n) is 5.66. The van der Waals surface area contributed by atoms with Gasteiger partial charge in [0.2, 0.25) is 10.0 Å². The molecule has 1 aliphatic heterocycles. The zero-order valence-electron chi connectivity index (χ0n) is 12.8. The van der Waals surface area contributed by atoms with Crippen molar-refractivity contribution in [2.45, 2.75) is 6.42 Å². The predicted molar refractivity (Wildman–Crippen MR) is 82.8 cm³/mol. The quantitative estimate of drug-likeness (QED) is 0.812. The van der Waals surface area contributed by atoms with Gasteiger partial charge < -0.3 is 10.2 Å². The lowest BCUT2D eigenvalue weighted by atomic mass is 10.0. The lowest BCUT2D eigenvalue weighted by Gasteiger charge is -2.21. The van der Waals surface area contributed by atoms with Crippen LogP contribution in [-0.4, -0.2) is 69.2 Å².